The van der Waals surface area contributed by atoms with Gasteiger partial charge in [0.05, 0.1) is 19.2 Å². The predicted molar refractivity (Wildman–Crippen MR) is 125 cm³/mol. The molecule has 2 rings (SSSR count). The summed E-state index contributed by atoms with van der Waals surface area (Å²) < 4.78 is 38.1. The van der Waals surface area contributed by atoms with E-state index in [1.807, 2.05) is 38.1 Å². The zero-order chi connectivity index (χ0) is 21.4. The van der Waals surface area contributed by atoms with Gasteiger partial charge in [-0.1, -0.05) is 36.8 Å². The molecule has 2 unspecified atom stereocenters. The van der Waals surface area contributed by atoms with Crippen molar-refractivity contribution in [2.75, 3.05) is 45.8 Å². The number of likely N-dealkylation sites (tertiary alicyclic amines) is 1. The second kappa shape index (κ2) is 12.7. The average Bonchev–Trinajstić information content (AvgIpc) is 3.12. The molecule has 0 spiro atoms. The number of aliphatic hydroxyl groups is 1. The second-order valence-corrected chi connectivity index (χ2v) is 7.66. The number of rotatable bonds is 8. The van der Waals surface area contributed by atoms with Gasteiger partial charge >= 0.3 is 6.18 Å². The van der Waals surface area contributed by atoms with E-state index in [2.05, 4.69) is 15.2 Å². The smallest absolute Gasteiger partial charge is 0.386 e. The summed E-state index contributed by atoms with van der Waals surface area (Å²) in [4.78, 5) is 8.11. The summed E-state index contributed by atoms with van der Waals surface area (Å²) in [6.45, 7) is 8.02. The molecule has 0 aliphatic carbocycles. The summed E-state index contributed by atoms with van der Waals surface area (Å²) in [6, 6.07) is 7.71. The fourth-order valence-electron chi connectivity index (χ4n) is 3.59. The zero-order valence-corrected chi connectivity index (χ0v) is 20.3. The number of nitrogens with one attached hydrogen (secondary N) is 1. The molecule has 1 aromatic rings. The van der Waals surface area contributed by atoms with Gasteiger partial charge in [0.25, 0.3) is 0 Å². The number of aryl methyl sites for hydroxylation is 1. The predicted octanol–water partition coefficient (Wildman–Crippen LogP) is 3.82. The lowest BCUT2D eigenvalue weighted by Gasteiger charge is -2.26. The standard InChI is InChI=1S/C21H33F3N4O.HI/c1-4-25-20(26-12-19(29)18-8-6-16(3)7-9-18)28-11-10-17(14-28)13-27(5-2)15-21(22,23)24;/h6-9,17,19,29H,4-5,10-15H2,1-3H3,(H,25,26);1H. The molecule has 0 amide bonds. The summed E-state index contributed by atoms with van der Waals surface area (Å²) in [5.74, 6) is 0.878. The Morgan fingerprint density at radius 1 is 1.30 bits per heavy atom. The molecular weight excluding hydrogens is 508 g/mol. The number of alkyl halides is 3. The van der Waals surface area contributed by atoms with Gasteiger partial charge in [0, 0.05) is 26.2 Å². The SMILES string of the molecule is CCNC(=NCC(O)c1ccc(C)cc1)N1CCC(CN(CC)CC(F)(F)F)C1.I. The van der Waals surface area contributed by atoms with Crippen molar-refractivity contribution in [3.8, 4) is 0 Å². The number of aliphatic imine (C=N–C) groups is 1. The van der Waals surface area contributed by atoms with Crippen LogP contribution in [0.5, 0.6) is 0 Å². The maximum atomic E-state index is 12.7. The third-order valence-corrected chi connectivity index (χ3v) is 5.16. The quantitative estimate of drug-likeness (QED) is 0.298. The number of nitrogens with zero attached hydrogens (tertiary/aromatic N) is 3. The molecule has 1 fully saturated rings. The highest BCUT2D eigenvalue weighted by Crippen LogP contribution is 2.22. The molecule has 5 nitrogen and oxygen atoms in total. The lowest BCUT2D eigenvalue weighted by Crippen LogP contribution is -2.42. The molecule has 30 heavy (non-hydrogen) atoms. The van der Waals surface area contributed by atoms with Crippen LogP contribution in [0.2, 0.25) is 0 Å². The minimum atomic E-state index is -4.17. The summed E-state index contributed by atoms with van der Waals surface area (Å²) in [5.41, 5.74) is 1.95. The van der Waals surface area contributed by atoms with Crippen molar-refractivity contribution in [1.29, 1.82) is 0 Å². The number of halogens is 4. The first-order valence-electron chi connectivity index (χ1n) is 10.3. The van der Waals surface area contributed by atoms with Crippen LogP contribution in [0.1, 0.15) is 37.5 Å². The van der Waals surface area contributed by atoms with Crippen LogP contribution in [0.4, 0.5) is 13.2 Å². The molecule has 9 heteroatoms. The van der Waals surface area contributed by atoms with Gasteiger partial charge in [-0.25, -0.2) is 0 Å². The molecule has 0 bridgehead atoms. The van der Waals surface area contributed by atoms with E-state index >= 15 is 0 Å². The van der Waals surface area contributed by atoms with E-state index in [9.17, 15) is 18.3 Å². The summed E-state index contributed by atoms with van der Waals surface area (Å²) in [5, 5.41) is 13.7. The van der Waals surface area contributed by atoms with Gasteiger partial charge < -0.3 is 15.3 Å². The maximum Gasteiger partial charge on any atom is 0.401 e. The van der Waals surface area contributed by atoms with Crippen LogP contribution in [0.15, 0.2) is 29.3 Å². The molecular formula is C21H34F3IN4O. The Labute approximate surface area is 194 Å². The van der Waals surface area contributed by atoms with Gasteiger partial charge in [0.1, 0.15) is 0 Å². The van der Waals surface area contributed by atoms with E-state index < -0.39 is 18.8 Å². The van der Waals surface area contributed by atoms with Crippen LogP contribution >= 0.6 is 24.0 Å². The Balaban J connectivity index is 0.00000450. The number of guanidine groups is 1. The molecule has 1 heterocycles. The van der Waals surface area contributed by atoms with Gasteiger partial charge in [0.2, 0.25) is 0 Å². The normalized spacial score (nSPS) is 18.5. The minimum absolute atomic E-state index is 0. The number of benzene rings is 1. The highest BCUT2D eigenvalue weighted by molar-refractivity contribution is 14.0. The Morgan fingerprint density at radius 3 is 2.53 bits per heavy atom. The molecule has 172 valence electrons. The molecule has 0 aromatic heterocycles. The molecule has 1 aliphatic heterocycles. The Morgan fingerprint density at radius 2 is 1.97 bits per heavy atom. The van der Waals surface area contributed by atoms with E-state index in [1.165, 1.54) is 4.90 Å². The largest absolute Gasteiger partial charge is 0.401 e. The molecule has 1 aromatic carbocycles. The van der Waals surface area contributed by atoms with Crippen LogP contribution in [0.25, 0.3) is 0 Å². The van der Waals surface area contributed by atoms with Crippen LogP contribution in [-0.2, 0) is 0 Å². The van der Waals surface area contributed by atoms with Crippen molar-refractivity contribution in [2.45, 2.75) is 39.5 Å². The fourth-order valence-corrected chi connectivity index (χ4v) is 3.59. The van der Waals surface area contributed by atoms with Gasteiger partial charge in [-0.2, -0.15) is 13.2 Å². The lowest BCUT2D eigenvalue weighted by molar-refractivity contribution is -0.146. The first-order valence-corrected chi connectivity index (χ1v) is 10.3. The molecule has 0 radical (unpaired) electrons. The van der Waals surface area contributed by atoms with Crippen molar-refractivity contribution in [3.05, 3.63) is 35.4 Å². The second-order valence-electron chi connectivity index (χ2n) is 7.66. The summed E-state index contributed by atoms with van der Waals surface area (Å²) in [6.07, 6.45) is -4.03. The topological polar surface area (TPSA) is 51.1 Å². The van der Waals surface area contributed by atoms with E-state index in [4.69, 9.17) is 0 Å². The third-order valence-electron chi connectivity index (χ3n) is 5.16. The van der Waals surface area contributed by atoms with Crippen molar-refractivity contribution in [2.24, 2.45) is 10.9 Å². The van der Waals surface area contributed by atoms with Gasteiger partial charge in [0.15, 0.2) is 5.96 Å². The van der Waals surface area contributed by atoms with Crippen molar-refractivity contribution < 1.29 is 18.3 Å². The third kappa shape index (κ3) is 8.97. The number of aliphatic hydroxyl groups excluding tert-OH is 1. The Hall–Kier alpha value is -1.07. The highest BCUT2D eigenvalue weighted by atomic mass is 127. The van der Waals surface area contributed by atoms with Crippen LogP contribution in [-0.4, -0.2) is 72.9 Å². The van der Waals surface area contributed by atoms with E-state index in [0.717, 1.165) is 24.1 Å². The zero-order valence-electron chi connectivity index (χ0n) is 18.0. The highest BCUT2D eigenvalue weighted by Gasteiger charge is 2.33. The molecule has 2 atom stereocenters. The molecule has 0 saturated carbocycles. The Bertz CT molecular complexity index is 655. The molecule has 2 N–H and O–H groups in total. The fraction of sp³-hybridized carbons (Fsp3) is 0.667. The van der Waals surface area contributed by atoms with Crippen LogP contribution < -0.4 is 5.32 Å². The minimum Gasteiger partial charge on any atom is -0.386 e. The molecule has 1 aliphatic rings. The van der Waals surface area contributed by atoms with Crippen molar-refractivity contribution >= 4 is 29.9 Å². The van der Waals surface area contributed by atoms with E-state index in [1.54, 1.807) is 6.92 Å². The number of hydrogen-bond donors (Lipinski definition) is 2. The van der Waals surface area contributed by atoms with E-state index in [0.29, 0.717) is 32.1 Å². The number of hydrogen-bond acceptors (Lipinski definition) is 3. The van der Waals surface area contributed by atoms with Crippen molar-refractivity contribution in [1.82, 2.24) is 15.1 Å². The van der Waals surface area contributed by atoms with Gasteiger partial charge in [-0.15, -0.1) is 24.0 Å². The molecule has 1 saturated heterocycles. The van der Waals surface area contributed by atoms with E-state index in [-0.39, 0.29) is 36.4 Å². The first-order chi connectivity index (χ1) is 13.7. The van der Waals surface area contributed by atoms with Gasteiger partial charge in [-0.05, 0) is 38.3 Å². The van der Waals surface area contributed by atoms with Crippen molar-refractivity contribution in [3.63, 3.8) is 0 Å². The summed E-state index contributed by atoms with van der Waals surface area (Å²) in [7, 11) is 0. The first kappa shape index (κ1) is 27.0. The van der Waals surface area contributed by atoms with Crippen LogP contribution in [0.3, 0.4) is 0 Å². The lowest BCUT2D eigenvalue weighted by atomic mass is 10.1. The van der Waals surface area contributed by atoms with Crippen LogP contribution in [0, 0.1) is 12.8 Å². The monoisotopic (exact) mass is 542 g/mol. The Kier molecular flexibility index (Phi) is 11.4. The van der Waals surface area contributed by atoms with Gasteiger partial charge in [-0.3, -0.25) is 9.89 Å². The average molecular weight is 542 g/mol. The maximum absolute atomic E-state index is 12.7. The summed E-state index contributed by atoms with van der Waals surface area (Å²) >= 11 is 0.